The molecule has 0 aromatic heterocycles. The Labute approximate surface area is 95.6 Å². The van der Waals surface area contributed by atoms with Gasteiger partial charge in [0.25, 0.3) is 5.69 Å². The summed E-state index contributed by atoms with van der Waals surface area (Å²) in [6, 6.07) is 3.36. The molecular formula is C9H11N3O5. The van der Waals surface area contributed by atoms with Gasteiger partial charge in [0.1, 0.15) is 11.8 Å². The van der Waals surface area contributed by atoms with Gasteiger partial charge in [-0.25, -0.2) is 0 Å². The fourth-order valence-electron chi connectivity index (χ4n) is 1.26. The van der Waals surface area contributed by atoms with Crippen LogP contribution in [-0.2, 0) is 4.79 Å². The summed E-state index contributed by atoms with van der Waals surface area (Å²) < 4.78 is 0. The lowest BCUT2D eigenvalue weighted by Gasteiger charge is -2.15. The van der Waals surface area contributed by atoms with Crippen molar-refractivity contribution in [3.8, 4) is 0 Å². The number of amides is 1. The van der Waals surface area contributed by atoms with Crippen molar-refractivity contribution in [3.63, 3.8) is 0 Å². The predicted molar refractivity (Wildman–Crippen MR) is 57.7 cm³/mol. The summed E-state index contributed by atoms with van der Waals surface area (Å²) in [5.41, 5.74) is 9.75. The number of carbonyl (C=O) groups is 1. The van der Waals surface area contributed by atoms with Crippen LogP contribution in [0.3, 0.4) is 0 Å². The van der Waals surface area contributed by atoms with Crippen LogP contribution in [0, 0.1) is 10.1 Å². The Bertz CT molecular complexity index is 462. The minimum atomic E-state index is -1.80. The van der Waals surface area contributed by atoms with E-state index in [2.05, 4.69) is 0 Å². The van der Waals surface area contributed by atoms with E-state index in [0.717, 1.165) is 12.1 Å². The zero-order valence-electron chi connectivity index (χ0n) is 8.61. The molecule has 0 saturated heterocycles. The molecule has 1 aromatic rings. The van der Waals surface area contributed by atoms with Crippen LogP contribution >= 0.6 is 0 Å². The molecule has 6 N–H and O–H groups in total. The van der Waals surface area contributed by atoms with Crippen LogP contribution < -0.4 is 11.5 Å². The van der Waals surface area contributed by atoms with Crippen LogP contribution in [0.4, 0.5) is 11.4 Å². The second-order valence-electron chi connectivity index (χ2n) is 3.37. The molecule has 0 bridgehead atoms. The van der Waals surface area contributed by atoms with Crippen LogP contribution in [0.5, 0.6) is 0 Å². The molecular weight excluding hydrogens is 230 g/mol. The first-order valence-corrected chi connectivity index (χ1v) is 4.54. The minimum absolute atomic E-state index is 0.0689. The molecule has 0 fully saturated rings. The molecule has 2 atom stereocenters. The van der Waals surface area contributed by atoms with E-state index in [1.807, 2.05) is 0 Å². The van der Waals surface area contributed by atoms with Crippen molar-refractivity contribution in [2.45, 2.75) is 12.2 Å². The number of anilines is 1. The molecule has 0 aliphatic heterocycles. The Morgan fingerprint density at radius 2 is 2.00 bits per heavy atom. The number of primary amides is 1. The molecule has 0 spiro atoms. The van der Waals surface area contributed by atoms with Gasteiger partial charge in [-0.3, -0.25) is 14.9 Å². The van der Waals surface area contributed by atoms with Gasteiger partial charge in [0, 0.05) is 6.07 Å². The molecule has 1 aromatic carbocycles. The summed E-state index contributed by atoms with van der Waals surface area (Å²) in [5.74, 6) is -1.10. The van der Waals surface area contributed by atoms with E-state index in [1.54, 1.807) is 0 Å². The molecule has 0 aliphatic carbocycles. The third kappa shape index (κ3) is 2.68. The van der Waals surface area contributed by atoms with Crippen molar-refractivity contribution >= 4 is 17.3 Å². The largest absolute Gasteiger partial charge is 0.393 e. The number of benzene rings is 1. The van der Waals surface area contributed by atoms with E-state index in [9.17, 15) is 25.1 Å². The fourth-order valence-corrected chi connectivity index (χ4v) is 1.26. The van der Waals surface area contributed by atoms with E-state index in [1.165, 1.54) is 6.07 Å². The first-order valence-electron chi connectivity index (χ1n) is 4.54. The summed E-state index contributed by atoms with van der Waals surface area (Å²) in [6.45, 7) is 0. The molecule has 0 radical (unpaired) electrons. The summed E-state index contributed by atoms with van der Waals surface area (Å²) in [6.07, 6.45) is -3.37. The van der Waals surface area contributed by atoms with Crippen molar-refractivity contribution in [2.24, 2.45) is 5.73 Å². The second-order valence-corrected chi connectivity index (χ2v) is 3.37. The monoisotopic (exact) mass is 241 g/mol. The lowest BCUT2D eigenvalue weighted by Crippen LogP contribution is -2.33. The van der Waals surface area contributed by atoms with E-state index in [4.69, 9.17) is 11.5 Å². The number of aliphatic hydroxyl groups excluding tert-OH is 2. The maximum absolute atomic E-state index is 10.6. The van der Waals surface area contributed by atoms with E-state index in [-0.39, 0.29) is 16.9 Å². The second kappa shape index (κ2) is 4.76. The molecule has 0 heterocycles. The zero-order valence-corrected chi connectivity index (χ0v) is 8.61. The maximum Gasteiger partial charge on any atom is 0.292 e. The number of nitrogens with zero attached hydrogens (tertiary/aromatic N) is 1. The average Bonchev–Trinajstić information content (AvgIpc) is 2.26. The highest BCUT2D eigenvalue weighted by Crippen LogP contribution is 2.26. The van der Waals surface area contributed by atoms with Gasteiger partial charge in [-0.2, -0.15) is 0 Å². The molecule has 17 heavy (non-hydrogen) atoms. The Balaban J connectivity index is 3.05. The number of nitrogen functional groups attached to an aromatic ring is 1. The number of nitro benzene ring substituents is 1. The minimum Gasteiger partial charge on any atom is -0.393 e. The van der Waals surface area contributed by atoms with Gasteiger partial charge in [0.2, 0.25) is 5.91 Å². The summed E-state index contributed by atoms with van der Waals surface area (Å²) in [4.78, 5) is 20.4. The van der Waals surface area contributed by atoms with Gasteiger partial charge >= 0.3 is 0 Å². The SMILES string of the molecule is NC(=O)C(O)C(O)c1ccc([N+](=O)[O-])c(N)c1. The topological polar surface area (TPSA) is 153 Å². The number of hydrogen-bond acceptors (Lipinski definition) is 6. The summed E-state index contributed by atoms with van der Waals surface area (Å²) >= 11 is 0. The molecule has 92 valence electrons. The number of nitro groups is 1. The summed E-state index contributed by atoms with van der Waals surface area (Å²) in [5, 5.41) is 29.2. The lowest BCUT2D eigenvalue weighted by atomic mass is 10.0. The third-order valence-corrected chi connectivity index (χ3v) is 2.18. The van der Waals surface area contributed by atoms with E-state index < -0.39 is 23.0 Å². The Morgan fingerprint density at radius 1 is 1.41 bits per heavy atom. The molecule has 8 heteroatoms. The van der Waals surface area contributed by atoms with Gasteiger partial charge in [0.05, 0.1) is 4.92 Å². The van der Waals surface area contributed by atoms with Crippen molar-refractivity contribution in [3.05, 3.63) is 33.9 Å². The van der Waals surface area contributed by atoms with Crippen molar-refractivity contribution in [1.29, 1.82) is 0 Å². The van der Waals surface area contributed by atoms with Crippen LogP contribution in [0.25, 0.3) is 0 Å². The Morgan fingerprint density at radius 3 is 2.41 bits per heavy atom. The van der Waals surface area contributed by atoms with Crippen molar-refractivity contribution in [1.82, 2.24) is 0 Å². The molecule has 2 unspecified atom stereocenters. The third-order valence-electron chi connectivity index (χ3n) is 2.18. The van der Waals surface area contributed by atoms with Gasteiger partial charge in [-0.05, 0) is 17.7 Å². The van der Waals surface area contributed by atoms with Gasteiger partial charge in [-0.1, -0.05) is 0 Å². The standard InChI is InChI=1S/C9H11N3O5/c10-5-3-4(1-2-6(5)12(16)17)7(13)8(14)9(11)15/h1-3,7-8,13-14H,10H2,(H2,11,15). The van der Waals surface area contributed by atoms with Crippen molar-refractivity contribution in [2.75, 3.05) is 5.73 Å². The molecule has 1 rings (SSSR count). The van der Waals surface area contributed by atoms with E-state index >= 15 is 0 Å². The quantitative estimate of drug-likeness (QED) is 0.303. The first kappa shape index (κ1) is 12.9. The van der Waals surface area contributed by atoms with Gasteiger partial charge in [0.15, 0.2) is 6.10 Å². The molecule has 1 amide bonds. The molecule has 0 aliphatic rings. The van der Waals surface area contributed by atoms with Gasteiger partial charge in [-0.15, -0.1) is 0 Å². The summed E-state index contributed by atoms with van der Waals surface area (Å²) in [7, 11) is 0. The number of rotatable bonds is 4. The highest BCUT2D eigenvalue weighted by Gasteiger charge is 2.24. The van der Waals surface area contributed by atoms with E-state index in [0.29, 0.717) is 0 Å². The number of aliphatic hydroxyl groups is 2. The zero-order chi connectivity index (χ0) is 13.2. The Kier molecular flexibility index (Phi) is 3.61. The molecule has 0 saturated carbocycles. The van der Waals surface area contributed by atoms with Crippen LogP contribution in [0.1, 0.15) is 11.7 Å². The maximum atomic E-state index is 10.6. The van der Waals surface area contributed by atoms with Crippen LogP contribution in [0.15, 0.2) is 18.2 Å². The number of nitrogens with two attached hydrogens (primary N) is 2. The highest BCUT2D eigenvalue weighted by molar-refractivity contribution is 5.79. The fraction of sp³-hybridized carbons (Fsp3) is 0.222. The Hall–Kier alpha value is -2.19. The average molecular weight is 241 g/mol. The normalized spacial score (nSPS) is 14.0. The van der Waals surface area contributed by atoms with Crippen LogP contribution in [-0.4, -0.2) is 27.1 Å². The first-order chi connectivity index (χ1) is 7.84. The van der Waals surface area contributed by atoms with Gasteiger partial charge < -0.3 is 21.7 Å². The van der Waals surface area contributed by atoms with Crippen molar-refractivity contribution < 1.29 is 19.9 Å². The molecule has 8 nitrogen and oxygen atoms in total. The highest BCUT2D eigenvalue weighted by atomic mass is 16.6. The number of hydrogen-bond donors (Lipinski definition) is 4. The number of carbonyl (C=O) groups excluding carboxylic acids is 1. The smallest absolute Gasteiger partial charge is 0.292 e. The predicted octanol–water partition coefficient (Wildman–Crippen LogP) is -0.943. The van der Waals surface area contributed by atoms with Crippen LogP contribution in [0.2, 0.25) is 0 Å². The lowest BCUT2D eigenvalue weighted by molar-refractivity contribution is -0.383.